The van der Waals surface area contributed by atoms with Crippen molar-refractivity contribution in [1.29, 1.82) is 0 Å². The molecule has 10 heteroatoms. The van der Waals surface area contributed by atoms with Crippen molar-refractivity contribution in [1.82, 2.24) is 10.2 Å². The fourth-order valence-electron chi connectivity index (χ4n) is 3.86. The first-order chi connectivity index (χ1) is 17.4. The summed E-state index contributed by atoms with van der Waals surface area (Å²) in [5, 5.41) is 3.41. The molecule has 2 amide bonds. The number of rotatable bonds is 13. The summed E-state index contributed by atoms with van der Waals surface area (Å²) in [6.45, 7) is 7.67. The van der Waals surface area contributed by atoms with Gasteiger partial charge < -0.3 is 15.0 Å². The van der Waals surface area contributed by atoms with Gasteiger partial charge in [-0.1, -0.05) is 36.7 Å². The normalized spacial score (nSPS) is 12.9. The van der Waals surface area contributed by atoms with E-state index in [1.165, 1.54) is 9.21 Å². The van der Waals surface area contributed by atoms with Crippen LogP contribution in [0.2, 0.25) is 5.02 Å². The van der Waals surface area contributed by atoms with Gasteiger partial charge in [-0.05, 0) is 69.0 Å². The van der Waals surface area contributed by atoms with Gasteiger partial charge in [0.15, 0.2) is 0 Å². The Balaban J connectivity index is 2.23. The number of carbonyl (C=O) groups excluding carboxylic acids is 2. The Morgan fingerprint density at radius 1 is 1.14 bits per heavy atom. The summed E-state index contributed by atoms with van der Waals surface area (Å²) in [4.78, 5) is 27.9. The number of halogens is 1. The molecular formula is C27H38ClN3O5S. The molecule has 204 valence electrons. The quantitative estimate of drug-likeness (QED) is 0.394. The van der Waals surface area contributed by atoms with Gasteiger partial charge in [-0.25, -0.2) is 8.42 Å². The predicted octanol–water partition coefficient (Wildman–Crippen LogP) is 4.54. The van der Waals surface area contributed by atoms with Crippen LogP contribution in [0, 0.1) is 6.92 Å². The van der Waals surface area contributed by atoms with Crippen molar-refractivity contribution in [3.05, 3.63) is 58.6 Å². The van der Waals surface area contributed by atoms with Gasteiger partial charge in [0.25, 0.3) is 0 Å². The van der Waals surface area contributed by atoms with E-state index in [1.807, 2.05) is 38.1 Å². The van der Waals surface area contributed by atoms with Crippen molar-refractivity contribution >= 4 is 39.1 Å². The van der Waals surface area contributed by atoms with Gasteiger partial charge in [0, 0.05) is 30.6 Å². The maximum absolute atomic E-state index is 13.4. The van der Waals surface area contributed by atoms with Crippen molar-refractivity contribution in [2.24, 2.45) is 0 Å². The van der Waals surface area contributed by atoms with Crippen molar-refractivity contribution in [2.45, 2.75) is 65.6 Å². The zero-order valence-corrected chi connectivity index (χ0v) is 24.0. The number of ether oxygens (including phenoxy) is 1. The minimum absolute atomic E-state index is 0.0204. The molecular weight excluding hydrogens is 514 g/mol. The van der Waals surface area contributed by atoms with Gasteiger partial charge in [-0.15, -0.1) is 0 Å². The van der Waals surface area contributed by atoms with Gasteiger partial charge in [0.2, 0.25) is 21.8 Å². The smallest absolute Gasteiger partial charge is 0.242 e. The number of amides is 2. The average Bonchev–Trinajstić information content (AvgIpc) is 2.85. The first-order valence-electron chi connectivity index (χ1n) is 12.3. The monoisotopic (exact) mass is 551 g/mol. The van der Waals surface area contributed by atoms with E-state index in [0.29, 0.717) is 22.0 Å². The number of nitrogens with zero attached hydrogens (tertiary/aromatic N) is 2. The van der Waals surface area contributed by atoms with Crippen LogP contribution in [0.1, 0.15) is 51.2 Å². The van der Waals surface area contributed by atoms with E-state index in [9.17, 15) is 18.0 Å². The van der Waals surface area contributed by atoms with Crippen LogP contribution in [-0.2, 0) is 26.2 Å². The summed E-state index contributed by atoms with van der Waals surface area (Å²) in [6.07, 6.45) is 2.24. The Bertz CT molecular complexity index is 1190. The van der Waals surface area contributed by atoms with Crippen molar-refractivity contribution in [2.75, 3.05) is 24.2 Å². The lowest BCUT2D eigenvalue weighted by Crippen LogP contribution is -2.49. The van der Waals surface area contributed by atoms with E-state index in [0.717, 1.165) is 18.2 Å². The molecule has 2 aromatic rings. The Kier molecular flexibility index (Phi) is 11.3. The Hall–Kier alpha value is -2.78. The molecule has 0 heterocycles. The highest BCUT2D eigenvalue weighted by Gasteiger charge is 2.27. The number of hydrogen-bond acceptors (Lipinski definition) is 5. The lowest BCUT2D eigenvalue weighted by molar-refractivity contribution is -0.140. The highest BCUT2D eigenvalue weighted by atomic mass is 35.5. The number of sulfonamides is 1. The van der Waals surface area contributed by atoms with Gasteiger partial charge in [0.05, 0.1) is 19.1 Å². The molecule has 0 aliphatic heterocycles. The summed E-state index contributed by atoms with van der Waals surface area (Å²) in [7, 11) is -2.04. The van der Waals surface area contributed by atoms with Crippen LogP contribution >= 0.6 is 11.6 Å². The zero-order chi connectivity index (χ0) is 27.8. The third kappa shape index (κ3) is 8.64. The zero-order valence-electron chi connectivity index (χ0n) is 22.5. The van der Waals surface area contributed by atoms with E-state index in [4.69, 9.17) is 16.3 Å². The van der Waals surface area contributed by atoms with Gasteiger partial charge >= 0.3 is 0 Å². The Morgan fingerprint density at radius 2 is 1.81 bits per heavy atom. The predicted molar refractivity (Wildman–Crippen MR) is 149 cm³/mol. The van der Waals surface area contributed by atoms with Gasteiger partial charge in [-0.3, -0.25) is 13.9 Å². The molecule has 0 bridgehead atoms. The lowest BCUT2D eigenvalue weighted by atomic mass is 10.1. The van der Waals surface area contributed by atoms with Crippen LogP contribution in [0.15, 0.2) is 42.5 Å². The molecule has 0 radical (unpaired) electrons. The summed E-state index contributed by atoms with van der Waals surface area (Å²) >= 11 is 6.21. The fraction of sp³-hybridized carbons (Fsp3) is 0.481. The van der Waals surface area contributed by atoms with E-state index in [1.54, 1.807) is 39.2 Å². The van der Waals surface area contributed by atoms with Crippen LogP contribution < -0.4 is 14.4 Å². The average molecular weight is 552 g/mol. The molecule has 37 heavy (non-hydrogen) atoms. The maximum atomic E-state index is 13.4. The lowest BCUT2D eigenvalue weighted by Gasteiger charge is -2.30. The number of carbonyl (C=O) groups is 2. The van der Waals surface area contributed by atoms with Crippen molar-refractivity contribution in [3.8, 4) is 5.75 Å². The summed E-state index contributed by atoms with van der Waals surface area (Å²) in [6, 6.07) is 11.7. The van der Waals surface area contributed by atoms with E-state index in [2.05, 4.69) is 5.32 Å². The van der Waals surface area contributed by atoms with Gasteiger partial charge in [0.1, 0.15) is 11.8 Å². The van der Waals surface area contributed by atoms with E-state index >= 15 is 0 Å². The second kappa shape index (κ2) is 13.7. The highest BCUT2D eigenvalue weighted by molar-refractivity contribution is 7.92. The van der Waals surface area contributed by atoms with Crippen LogP contribution in [0.5, 0.6) is 5.75 Å². The molecule has 2 atom stereocenters. The topological polar surface area (TPSA) is 96.0 Å². The minimum atomic E-state index is -3.61. The summed E-state index contributed by atoms with van der Waals surface area (Å²) in [5.41, 5.74) is 1.95. The first-order valence-corrected chi connectivity index (χ1v) is 14.6. The third-order valence-corrected chi connectivity index (χ3v) is 7.90. The van der Waals surface area contributed by atoms with Crippen molar-refractivity contribution in [3.63, 3.8) is 0 Å². The van der Waals surface area contributed by atoms with Crippen LogP contribution in [0.25, 0.3) is 0 Å². The molecule has 0 unspecified atom stereocenters. The summed E-state index contributed by atoms with van der Waals surface area (Å²) < 4.78 is 31.7. The fourth-order valence-corrected chi connectivity index (χ4v) is 5.05. The van der Waals surface area contributed by atoms with Crippen LogP contribution in [-0.4, -0.2) is 57.1 Å². The number of benzene rings is 2. The molecule has 0 saturated carbocycles. The number of hydrogen-bond donors (Lipinski definition) is 1. The van der Waals surface area contributed by atoms with Crippen LogP contribution in [0.3, 0.4) is 0 Å². The number of anilines is 1. The molecule has 2 rings (SSSR count). The molecule has 0 aromatic heterocycles. The van der Waals surface area contributed by atoms with Crippen molar-refractivity contribution < 1.29 is 22.7 Å². The molecule has 0 saturated heterocycles. The number of nitrogens with one attached hydrogen (secondary N) is 1. The molecule has 0 spiro atoms. The summed E-state index contributed by atoms with van der Waals surface area (Å²) in [5.74, 6) is 0.172. The van der Waals surface area contributed by atoms with Gasteiger partial charge in [-0.2, -0.15) is 0 Å². The number of methoxy groups -OCH3 is 1. The highest BCUT2D eigenvalue weighted by Crippen LogP contribution is 2.28. The Labute approximate surface area is 226 Å². The Morgan fingerprint density at radius 3 is 2.43 bits per heavy atom. The second-order valence-corrected chi connectivity index (χ2v) is 11.5. The van der Waals surface area contributed by atoms with Crippen LogP contribution in [0.4, 0.5) is 5.69 Å². The molecule has 0 aliphatic rings. The molecule has 1 N–H and O–H groups in total. The molecule has 8 nitrogen and oxygen atoms in total. The van der Waals surface area contributed by atoms with E-state index < -0.39 is 16.1 Å². The first kappa shape index (κ1) is 30.4. The maximum Gasteiger partial charge on any atom is 0.242 e. The molecule has 0 fully saturated rings. The second-order valence-electron chi connectivity index (χ2n) is 9.19. The van der Waals surface area contributed by atoms with E-state index in [-0.39, 0.29) is 43.8 Å². The molecule has 2 aromatic carbocycles. The standard InChI is InChI=1S/C27H38ClN3O5S/c1-7-19(2)29-27(33)21(4)30(18-22-11-8-12-23(17-22)36-5)26(32)15-10-16-31(37(6,34)35)25-14-9-13-24(28)20(25)3/h8-9,11-14,17,19,21H,7,10,15-16,18H2,1-6H3,(H,29,33)/t19-,21-/m1/s1. The third-order valence-electron chi connectivity index (χ3n) is 6.32. The largest absolute Gasteiger partial charge is 0.497 e. The minimum Gasteiger partial charge on any atom is -0.497 e. The molecule has 0 aliphatic carbocycles. The SMILES string of the molecule is CC[C@@H](C)NC(=O)[C@@H](C)N(Cc1cccc(OC)c1)C(=O)CCCN(c1cccc(Cl)c1C)S(C)(=O)=O.